The van der Waals surface area contributed by atoms with Gasteiger partial charge < -0.3 is 11.5 Å². The maximum Gasteiger partial charge on any atom is 0.146 e. The number of nitrogen functional groups attached to an aromatic ring is 1. The third-order valence-electron chi connectivity index (χ3n) is 3.37. The molecular formula is C13H14BrN5. The van der Waals surface area contributed by atoms with Gasteiger partial charge in [-0.1, -0.05) is 12.1 Å². The molecule has 98 valence electrons. The lowest BCUT2D eigenvalue weighted by atomic mass is 9.91. The van der Waals surface area contributed by atoms with Gasteiger partial charge in [-0.3, -0.25) is 9.67 Å². The molecule has 0 saturated carbocycles. The molecule has 0 spiro atoms. The first-order chi connectivity index (χ1) is 8.99. The Labute approximate surface area is 119 Å². The van der Waals surface area contributed by atoms with Gasteiger partial charge in [0.05, 0.1) is 17.2 Å². The van der Waals surface area contributed by atoms with E-state index in [0.29, 0.717) is 12.4 Å². The van der Waals surface area contributed by atoms with Crippen molar-refractivity contribution >= 4 is 27.5 Å². The zero-order chi connectivity index (χ0) is 13.6. The van der Waals surface area contributed by atoms with Gasteiger partial charge in [-0.2, -0.15) is 5.10 Å². The van der Waals surface area contributed by atoms with Crippen molar-refractivity contribution in [2.24, 2.45) is 10.7 Å². The molecule has 0 amide bonds. The molecule has 19 heavy (non-hydrogen) atoms. The van der Waals surface area contributed by atoms with Gasteiger partial charge >= 0.3 is 0 Å². The van der Waals surface area contributed by atoms with E-state index in [1.54, 1.807) is 6.20 Å². The molecule has 1 aliphatic rings. The van der Waals surface area contributed by atoms with E-state index in [4.69, 9.17) is 11.5 Å². The summed E-state index contributed by atoms with van der Waals surface area (Å²) in [6.45, 7) is 2.67. The minimum Gasteiger partial charge on any atom is -0.399 e. The number of nitrogens with zero attached hydrogens (tertiary/aromatic N) is 3. The van der Waals surface area contributed by atoms with Crippen LogP contribution in [0, 0.1) is 0 Å². The second-order valence-electron chi connectivity index (χ2n) is 4.90. The highest BCUT2D eigenvalue weighted by molar-refractivity contribution is 9.10. The lowest BCUT2D eigenvalue weighted by Crippen LogP contribution is -2.37. The van der Waals surface area contributed by atoms with Gasteiger partial charge in [-0.25, -0.2) is 0 Å². The van der Waals surface area contributed by atoms with Crippen LogP contribution in [-0.4, -0.2) is 15.6 Å². The highest BCUT2D eigenvalue weighted by Crippen LogP contribution is 2.33. The van der Waals surface area contributed by atoms with E-state index in [1.165, 1.54) is 0 Å². The van der Waals surface area contributed by atoms with Crippen molar-refractivity contribution in [2.45, 2.75) is 19.0 Å². The summed E-state index contributed by atoms with van der Waals surface area (Å²) in [6.07, 6.45) is 1.74. The van der Waals surface area contributed by atoms with E-state index in [0.717, 1.165) is 21.4 Å². The zero-order valence-electron chi connectivity index (χ0n) is 10.5. The molecule has 0 aliphatic carbocycles. The number of aliphatic imine (C=N–C) groups is 1. The van der Waals surface area contributed by atoms with Crippen LogP contribution in [0.15, 0.2) is 39.9 Å². The summed E-state index contributed by atoms with van der Waals surface area (Å²) in [5, 5.41) is 4.33. The highest BCUT2D eigenvalue weighted by atomic mass is 79.9. The Morgan fingerprint density at radius 2 is 2.16 bits per heavy atom. The smallest absolute Gasteiger partial charge is 0.146 e. The summed E-state index contributed by atoms with van der Waals surface area (Å²) in [6, 6.07) is 7.73. The fourth-order valence-electron chi connectivity index (χ4n) is 2.41. The monoisotopic (exact) mass is 319 g/mol. The molecule has 2 aromatic rings. The van der Waals surface area contributed by atoms with Crippen molar-refractivity contribution in [3.8, 4) is 0 Å². The lowest BCUT2D eigenvalue weighted by Gasteiger charge is -2.31. The zero-order valence-corrected chi connectivity index (χ0v) is 12.1. The second-order valence-corrected chi connectivity index (χ2v) is 5.75. The van der Waals surface area contributed by atoms with Crippen LogP contribution < -0.4 is 11.5 Å². The normalized spacial score (nSPS) is 21.9. The molecule has 4 N–H and O–H groups in total. The van der Waals surface area contributed by atoms with E-state index in [9.17, 15) is 0 Å². The van der Waals surface area contributed by atoms with Crippen LogP contribution in [0.4, 0.5) is 5.69 Å². The average Bonchev–Trinajstić information content (AvgIpc) is 2.71. The molecule has 3 rings (SSSR count). The number of aromatic nitrogens is 2. The van der Waals surface area contributed by atoms with Gasteiger partial charge in [0.1, 0.15) is 17.1 Å². The topological polar surface area (TPSA) is 82.2 Å². The Hall–Kier alpha value is -1.82. The molecule has 0 saturated heterocycles. The van der Waals surface area contributed by atoms with Crippen LogP contribution in [0.2, 0.25) is 0 Å². The Morgan fingerprint density at radius 1 is 1.37 bits per heavy atom. The summed E-state index contributed by atoms with van der Waals surface area (Å²) in [5.41, 5.74) is 14.1. The van der Waals surface area contributed by atoms with E-state index >= 15 is 0 Å². The predicted molar refractivity (Wildman–Crippen MR) is 78.9 cm³/mol. The molecule has 1 atom stereocenters. The number of anilines is 1. The highest BCUT2D eigenvalue weighted by Gasteiger charge is 2.33. The number of hydrogen-bond donors (Lipinski definition) is 2. The Bertz CT molecular complexity index is 675. The van der Waals surface area contributed by atoms with Crippen LogP contribution in [0.25, 0.3) is 0 Å². The molecular weight excluding hydrogens is 306 g/mol. The largest absolute Gasteiger partial charge is 0.399 e. The molecule has 0 unspecified atom stereocenters. The van der Waals surface area contributed by atoms with Gasteiger partial charge in [0.2, 0.25) is 0 Å². The van der Waals surface area contributed by atoms with E-state index in [1.807, 2.05) is 35.9 Å². The van der Waals surface area contributed by atoms with Crippen LogP contribution >= 0.6 is 15.9 Å². The van der Waals surface area contributed by atoms with Crippen molar-refractivity contribution in [3.05, 3.63) is 46.2 Å². The van der Waals surface area contributed by atoms with Crippen molar-refractivity contribution in [2.75, 3.05) is 5.73 Å². The lowest BCUT2D eigenvalue weighted by molar-refractivity contribution is 0.377. The molecule has 0 bridgehead atoms. The molecule has 1 aliphatic heterocycles. The summed E-state index contributed by atoms with van der Waals surface area (Å²) in [5.74, 6) is 0.487. The minimum atomic E-state index is -0.447. The average molecular weight is 320 g/mol. The minimum absolute atomic E-state index is 0.447. The summed E-state index contributed by atoms with van der Waals surface area (Å²) >= 11 is 3.43. The number of halogens is 1. The summed E-state index contributed by atoms with van der Waals surface area (Å²) in [4.78, 5) is 4.65. The first-order valence-corrected chi connectivity index (χ1v) is 6.72. The quantitative estimate of drug-likeness (QED) is 0.787. The summed E-state index contributed by atoms with van der Waals surface area (Å²) in [7, 11) is 0. The van der Waals surface area contributed by atoms with E-state index in [2.05, 4.69) is 26.0 Å². The maximum absolute atomic E-state index is 6.07. The number of fused-ring (bicyclic) bond motifs is 1. The molecule has 5 nitrogen and oxygen atoms in total. The first-order valence-electron chi connectivity index (χ1n) is 5.93. The molecule has 2 heterocycles. The van der Waals surface area contributed by atoms with Crippen molar-refractivity contribution in [1.29, 1.82) is 0 Å². The molecule has 0 radical (unpaired) electrons. The van der Waals surface area contributed by atoms with Crippen LogP contribution in [0.5, 0.6) is 0 Å². The molecule has 1 aromatic heterocycles. The van der Waals surface area contributed by atoms with Crippen LogP contribution in [0.3, 0.4) is 0 Å². The van der Waals surface area contributed by atoms with Gasteiger partial charge in [-0.15, -0.1) is 0 Å². The predicted octanol–water partition coefficient (Wildman–Crippen LogP) is 1.86. The Balaban J connectivity index is 2.11. The van der Waals surface area contributed by atoms with Crippen molar-refractivity contribution < 1.29 is 0 Å². The van der Waals surface area contributed by atoms with Crippen molar-refractivity contribution in [3.63, 3.8) is 0 Å². The van der Waals surface area contributed by atoms with Gasteiger partial charge in [0, 0.05) is 5.69 Å². The number of hydrogen-bond acceptors (Lipinski definition) is 4. The third-order valence-corrected chi connectivity index (χ3v) is 3.95. The fraction of sp³-hybridized carbons (Fsp3) is 0.231. The first kappa shape index (κ1) is 12.2. The second kappa shape index (κ2) is 4.09. The van der Waals surface area contributed by atoms with Gasteiger partial charge in [0.25, 0.3) is 0 Å². The fourth-order valence-corrected chi connectivity index (χ4v) is 2.91. The number of rotatable bonds is 1. The van der Waals surface area contributed by atoms with Gasteiger partial charge in [0.15, 0.2) is 0 Å². The maximum atomic E-state index is 6.07. The SMILES string of the molecule is C[C@]1(c2cccc(N)c2)Cn2ncc(Br)c2C(N)=N1. The molecule has 0 fully saturated rings. The van der Waals surface area contributed by atoms with Crippen molar-refractivity contribution in [1.82, 2.24) is 9.78 Å². The number of benzene rings is 1. The molecule has 6 heteroatoms. The number of amidine groups is 1. The molecule has 1 aromatic carbocycles. The van der Waals surface area contributed by atoms with Crippen LogP contribution in [-0.2, 0) is 12.1 Å². The number of nitrogens with two attached hydrogens (primary N) is 2. The van der Waals surface area contributed by atoms with Crippen LogP contribution in [0.1, 0.15) is 18.2 Å². The standard InChI is InChI=1S/C13H14BrN5/c1-13(8-3-2-4-9(15)5-8)7-19-11(12(16)18-13)10(14)6-17-19/h2-6H,7,15H2,1H3,(H2,16,18)/t13-/m1/s1. The third kappa shape index (κ3) is 1.92. The van der Waals surface area contributed by atoms with Gasteiger partial charge in [-0.05, 0) is 40.5 Å². The Kier molecular flexibility index (Phi) is 2.63. The summed E-state index contributed by atoms with van der Waals surface area (Å²) < 4.78 is 2.73. The van der Waals surface area contributed by atoms with E-state index in [-0.39, 0.29) is 0 Å². The Morgan fingerprint density at radius 3 is 2.89 bits per heavy atom. The van der Waals surface area contributed by atoms with E-state index < -0.39 is 5.54 Å².